The van der Waals surface area contributed by atoms with E-state index >= 15 is 0 Å². The number of hydrogen-bond acceptors (Lipinski definition) is 5. The van der Waals surface area contributed by atoms with E-state index in [9.17, 15) is 4.79 Å². The van der Waals surface area contributed by atoms with E-state index in [4.69, 9.17) is 14.5 Å². The van der Waals surface area contributed by atoms with Crippen molar-refractivity contribution in [2.45, 2.75) is 26.7 Å². The number of hydrogen-bond donors (Lipinski definition) is 1. The molecule has 178 valence electrons. The first-order chi connectivity index (χ1) is 17.2. The van der Waals surface area contributed by atoms with Gasteiger partial charge in [-0.2, -0.15) is 5.10 Å². The molecule has 0 saturated heterocycles. The molecule has 1 N–H and O–H groups in total. The van der Waals surface area contributed by atoms with Crippen LogP contribution in [0.5, 0.6) is 11.5 Å². The fourth-order valence-corrected chi connectivity index (χ4v) is 3.61. The Bertz CT molecular complexity index is 1300. The van der Waals surface area contributed by atoms with Gasteiger partial charge in [0.15, 0.2) is 0 Å². The number of nitrogens with one attached hydrogen (secondary N) is 1. The summed E-state index contributed by atoms with van der Waals surface area (Å²) in [5.41, 5.74) is 6.38. The van der Waals surface area contributed by atoms with Crippen LogP contribution in [-0.4, -0.2) is 30.3 Å². The number of pyridine rings is 1. The molecule has 3 aromatic carbocycles. The Labute approximate surface area is 205 Å². The van der Waals surface area contributed by atoms with Crippen molar-refractivity contribution in [3.8, 4) is 22.8 Å². The summed E-state index contributed by atoms with van der Waals surface area (Å²) in [6.07, 6.45) is 3.74. The number of aromatic nitrogens is 1. The zero-order valence-corrected chi connectivity index (χ0v) is 20.0. The Balaban J connectivity index is 1.51. The predicted molar refractivity (Wildman–Crippen MR) is 140 cm³/mol. The number of fused-ring (bicyclic) bond motifs is 1. The number of carbonyl (C=O) groups is 1. The monoisotopic (exact) mass is 467 g/mol. The maximum atomic E-state index is 13.1. The molecule has 0 fully saturated rings. The van der Waals surface area contributed by atoms with Gasteiger partial charge in [0, 0.05) is 10.9 Å². The summed E-state index contributed by atoms with van der Waals surface area (Å²) in [5, 5.41) is 4.93. The number of amides is 1. The number of nitrogens with zero attached hydrogens (tertiary/aromatic N) is 2. The average Bonchev–Trinajstić information content (AvgIpc) is 2.89. The van der Waals surface area contributed by atoms with Crippen LogP contribution < -0.4 is 14.9 Å². The molecule has 0 spiro atoms. The van der Waals surface area contributed by atoms with Crippen LogP contribution in [0.15, 0.2) is 84.0 Å². The SMILES string of the molecule is CCCCOc1ccc(/C=N/NC(=O)c2cc(-c3ccc(OCC)cc3)nc3ccccc23)cc1. The van der Waals surface area contributed by atoms with Gasteiger partial charge >= 0.3 is 0 Å². The molecule has 6 heteroatoms. The molecule has 0 saturated carbocycles. The number of rotatable bonds is 10. The van der Waals surface area contributed by atoms with Crippen molar-refractivity contribution < 1.29 is 14.3 Å². The Morgan fingerprint density at radius 1 is 0.943 bits per heavy atom. The third-order valence-corrected chi connectivity index (χ3v) is 5.45. The smallest absolute Gasteiger partial charge is 0.272 e. The molecule has 1 aromatic heterocycles. The molecule has 0 bridgehead atoms. The van der Waals surface area contributed by atoms with Gasteiger partial charge in [0.1, 0.15) is 11.5 Å². The van der Waals surface area contributed by atoms with Gasteiger partial charge in [-0.3, -0.25) is 4.79 Å². The van der Waals surface area contributed by atoms with Crippen LogP contribution in [0.3, 0.4) is 0 Å². The second-order valence-corrected chi connectivity index (χ2v) is 8.00. The molecule has 35 heavy (non-hydrogen) atoms. The Kier molecular flexibility index (Phi) is 8.07. The van der Waals surface area contributed by atoms with Crippen LogP contribution in [0.2, 0.25) is 0 Å². The van der Waals surface area contributed by atoms with E-state index in [1.165, 1.54) is 0 Å². The minimum atomic E-state index is -0.299. The summed E-state index contributed by atoms with van der Waals surface area (Å²) in [5.74, 6) is 1.32. The molecule has 0 aliphatic rings. The van der Waals surface area contributed by atoms with E-state index in [0.717, 1.165) is 46.4 Å². The highest BCUT2D eigenvalue weighted by molar-refractivity contribution is 6.07. The number of unbranched alkanes of at least 4 members (excludes halogenated alkanes) is 1. The fourth-order valence-electron chi connectivity index (χ4n) is 3.61. The number of benzene rings is 3. The molecule has 4 rings (SSSR count). The lowest BCUT2D eigenvalue weighted by atomic mass is 10.0. The van der Waals surface area contributed by atoms with Crippen LogP contribution in [0.25, 0.3) is 22.2 Å². The summed E-state index contributed by atoms with van der Waals surface area (Å²) in [6.45, 7) is 5.39. The molecule has 4 aromatic rings. The second kappa shape index (κ2) is 11.8. The lowest BCUT2D eigenvalue weighted by Gasteiger charge is -2.10. The van der Waals surface area contributed by atoms with Crippen LogP contribution in [0.4, 0.5) is 0 Å². The fraction of sp³-hybridized carbons (Fsp3) is 0.207. The van der Waals surface area contributed by atoms with Crippen molar-refractivity contribution in [1.82, 2.24) is 10.4 Å². The first-order valence-electron chi connectivity index (χ1n) is 11.9. The zero-order chi connectivity index (χ0) is 24.5. The average molecular weight is 468 g/mol. The molecule has 1 amide bonds. The number of carbonyl (C=O) groups excluding carboxylic acids is 1. The van der Waals surface area contributed by atoms with Crippen molar-refractivity contribution in [2.75, 3.05) is 13.2 Å². The lowest BCUT2D eigenvalue weighted by Crippen LogP contribution is -2.18. The molecule has 1 heterocycles. The second-order valence-electron chi connectivity index (χ2n) is 8.00. The highest BCUT2D eigenvalue weighted by Gasteiger charge is 2.13. The number of ether oxygens (including phenoxy) is 2. The van der Waals surface area contributed by atoms with Crippen molar-refractivity contribution in [1.29, 1.82) is 0 Å². The number of hydrazone groups is 1. The van der Waals surface area contributed by atoms with Crippen LogP contribution in [0, 0.1) is 0 Å². The van der Waals surface area contributed by atoms with E-state index in [2.05, 4.69) is 17.5 Å². The van der Waals surface area contributed by atoms with Crippen LogP contribution in [0.1, 0.15) is 42.6 Å². The Hall–Kier alpha value is -4.19. The maximum absolute atomic E-state index is 13.1. The Morgan fingerprint density at radius 3 is 2.40 bits per heavy atom. The van der Waals surface area contributed by atoms with Gasteiger partial charge in [-0.25, -0.2) is 10.4 Å². The van der Waals surface area contributed by atoms with Gasteiger partial charge in [-0.15, -0.1) is 0 Å². The molecule has 0 aliphatic carbocycles. The third-order valence-electron chi connectivity index (χ3n) is 5.45. The first-order valence-corrected chi connectivity index (χ1v) is 11.9. The molecule has 0 atom stereocenters. The summed E-state index contributed by atoms with van der Waals surface area (Å²) >= 11 is 0. The largest absolute Gasteiger partial charge is 0.494 e. The predicted octanol–water partition coefficient (Wildman–Crippen LogP) is 6.24. The summed E-state index contributed by atoms with van der Waals surface area (Å²) in [4.78, 5) is 17.8. The minimum absolute atomic E-state index is 0.299. The van der Waals surface area contributed by atoms with Gasteiger partial charge in [0.2, 0.25) is 0 Å². The standard InChI is InChI=1S/C29H29N3O3/c1-3-5-18-35-24-14-10-21(11-15-24)20-30-32-29(33)26-19-28(31-27-9-7-6-8-25(26)27)22-12-16-23(17-13-22)34-4-2/h6-17,19-20H,3-5,18H2,1-2H3,(H,32,33)/b30-20+. The summed E-state index contributed by atoms with van der Waals surface area (Å²) in [6, 6.07) is 24.7. The highest BCUT2D eigenvalue weighted by atomic mass is 16.5. The molecule has 0 aliphatic heterocycles. The quantitative estimate of drug-likeness (QED) is 0.170. The van der Waals surface area contributed by atoms with E-state index < -0.39 is 0 Å². The van der Waals surface area contributed by atoms with Crippen molar-refractivity contribution in [2.24, 2.45) is 5.10 Å². The topological polar surface area (TPSA) is 72.8 Å². The van der Waals surface area contributed by atoms with E-state index in [0.29, 0.717) is 24.5 Å². The third kappa shape index (κ3) is 6.23. The summed E-state index contributed by atoms with van der Waals surface area (Å²) < 4.78 is 11.2. The van der Waals surface area contributed by atoms with Crippen molar-refractivity contribution in [3.05, 3.63) is 90.0 Å². The normalized spacial score (nSPS) is 11.0. The molecule has 0 radical (unpaired) electrons. The van der Waals surface area contributed by atoms with Gasteiger partial charge in [-0.1, -0.05) is 31.5 Å². The van der Waals surface area contributed by atoms with Gasteiger partial charge in [0.25, 0.3) is 5.91 Å². The maximum Gasteiger partial charge on any atom is 0.272 e. The first kappa shape index (κ1) is 24.0. The zero-order valence-electron chi connectivity index (χ0n) is 20.0. The van der Waals surface area contributed by atoms with E-state index in [1.807, 2.05) is 79.7 Å². The van der Waals surface area contributed by atoms with Gasteiger partial charge in [-0.05, 0) is 79.6 Å². The van der Waals surface area contributed by atoms with Gasteiger partial charge in [0.05, 0.1) is 36.2 Å². The lowest BCUT2D eigenvalue weighted by molar-refractivity contribution is 0.0956. The Morgan fingerprint density at radius 2 is 1.66 bits per heavy atom. The molecular weight excluding hydrogens is 438 g/mol. The van der Waals surface area contributed by atoms with Crippen LogP contribution in [-0.2, 0) is 0 Å². The summed E-state index contributed by atoms with van der Waals surface area (Å²) in [7, 11) is 0. The van der Waals surface area contributed by atoms with E-state index in [1.54, 1.807) is 12.3 Å². The molecule has 0 unspecified atom stereocenters. The van der Waals surface area contributed by atoms with Gasteiger partial charge < -0.3 is 9.47 Å². The van der Waals surface area contributed by atoms with Crippen LogP contribution >= 0.6 is 0 Å². The highest BCUT2D eigenvalue weighted by Crippen LogP contribution is 2.26. The van der Waals surface area contributed by atoms with Crippen molar-refractivity contribution in [3.63, 3.8) is 0 Å². The number of para-hydroxylation sites is 1. The van der Waals surface area contributed by atoms with E-state index in [-0.39, 0.29) is 5.91 Å². The van der Waals surface area contributed by atoms with Crippen molar-refractivity contribution >= 4 is 23.0 Å². The molecule has 6 nitrogen and oxygen atoms in total. The molecular formula is C29H29N3O3. The minimum Gasteiger partial charge on any atom is -0.494 e.